The van der Waals surface area contributed by atoms with Crippen molar-refractivity contribution in [3.05, 3.63) is 89.0 Å². The molecule has 0 unspecified atom stereocenters. The van der Waals surface area contributed by atoms with Gasteiger partial charge < -0.3 is 20.0 Å². The lowest BCUT2D eigenvalue weighted by atomic mass is 10.1. The molecule has 0 radical (unpaired) electrons. The minimum atomic E-state index is -1.14. The summed E-state index contributed by atoms with van der Waals surface area (Å²) in [6.07, 6.45) is 1.43. The van der Waals surface area contributed by atoms with Gasteiger partial charge in [-0.3, -0.25) is 0 Å². The van der Waals surface area contributed by atoms with E-state index in [1.165, 1.54) is 18.5 Å². The molecule has 2 N–H and O–H groups in total. The van der Waals surface area contributed by atoms with Crippen molar-refractivity contribution in [2.75, 3.05) is 11.9 Å². The monoisotopic (exact) mass is 518 g/mol. The Morgan fingerprint density at radius 3 is 2.78 bits per heavy atom. The molecule has 3 aromatic carbocycles. The molecule has 4 rings (SSSR count). The molecule has 0 bridgehead atoms. The summed E-state index contributed by atoms with van der Waals surface area (Å²) in [6.45, 7) is 1.23. The highest BCUT2D eigenvalue weighted by molar-refractivity contribution is 6.32. The first-order valence-electron chi connectivity index (χ1n) is 11.0. The Morgan fingerprint density at radius 1 is 1.16 bits per heavy atom. The van der Waals surface area contributed by atoms with Gasteiger partial charge in [0.2, 0.25) is 6.61 Å². The van der Waals surface area contributed by atoms with E-state index in [0.29, 0.717) is 44.3 Å². The molecule has 0 aliphatic heterocycles. The summed E-state index contributed by atoms with van der Waals surface area (Å²) in [5.41, 5.74) is 2.87. The molecule has 0 saturated heterocycles. The number of halogens is 2. The molecule has 1 heterocycles. The van der Waals surface area contributed by atoms with E-state index in [1.54, 1.807) is 55.5 Å². The molecule has 8 nitrogen and oxygen atoms in total. The average Bonchev–Trinajstić information content (AvgIpc) is 2.87. The molecule has 0 aliphatic carbocycles. The highest BCUT2D eigenvalue weighted by Crippen LogP contribution is 2.31. The fourth-order valence-corrected chi connectivity index (χ4v) is 3.58. The molecule has 0 atom stereocenters. The molecule has 37 heavy (non-hydrogen) atoms. The highest BCUT2D eigenvalue weighted by Gasteiger charge is 2.11. The number of carboxylic acids is 1. The second-order valence-corrected chi connectivity index (χ2v) is 8.03. The molecule has 4 aromatic rings. The molecule has 1 aromatic heterocycles. The fraction of sp³-hybridized carbons (Fsp3) is 0.111. The van der Waals surface area contributed by atoms with Crippen LogP contribution in [0.5, 0.6) is 5.75 Å². The number of nitrogens with zero attached hydrogens (tertiary/aromatic N) is 3. The number of anilines is 2. The standard InChI is InChI=1S/C27H20ClFN4O4/c1-2-4-23(33-37-15-26(34)35)18-7-9-24-21(12-18)27(31-16-30-24)32-20-8-10-25(22(28)13-20)36-14-17-5-3-6-19(29)11-17/h3,5-13,16H,14-15H2,1H3,(H,34,35)(H,30,31,32). The summed E-state index contributed by atoms with van der Waals surface area (Å²) in [7, 11) is 0. The zero-order valence-electron chi connectivity index (χ0n) is 19.5. The lowest BCUT2D eigenvalue weighted by molar-refractivity contribution is -0.142. The molecule has 10 heteroatoms. The van der Waals surface area contributed by atoms with Crippen LogP contribution in [0.25, 0.3) is 10.9 Å². The molecule has 0 saturated carbocycles. The number of nitrogens with one attached hydrogen (secondary N) is 1. The van der Waals surface area contributed by atoms with Crippen LogP contribution in [0.2, 0.25) is 5.02 Å². The Bertz CT molecular complexity index is 1550. The SMILES string of the molecule is CC#CC(=NOCC(=O)O)c1ccc2ncnc(Nc3ccc(OCc4cccc(F)c4)c(Cl)c3)c2c1. The number of carboxylic acid groups (broad SMARTS) is 1. The van der Waals surface area contributed by atoms with E-state index in [2.05, 4.69) is 32.3 Å². The van der Waals surface area contributed by atoms with Crippen molar-refractivity contribution in [3.8, 4) is 17.6 Å². The van der Waals surface area contributed by atoms with Crippen molar-refractivity contribution in [2.45, 2.75) is 13.5 Å². The molecule has 186 valence electrons. The number of oxime groups is 1. The third-order valence-corrected chi connectivity index (χ3v) is 5.27. The van der Waals surface area contributed by atoms with E-state index in [9.17, 15) is 9.18 Å². The van der Waals surface area contributed by atoms with Crippen LogP contribution in [0.15, 0.2) is 72.1 Å². The van der Waals surface area contributed by atoms with Gasteiger partial charge in [0.1, 0.15) is 30.3 Å². The van der Waals surface area contributed by atoms with Crippen LogP contribution >= 0.6 is 11.6 Å². The largest absolute Gasteiger partial charge is 0.487 e. The minimum Gasteiger partial charge on any atom is -0.487 e. The van der Waals surface area contributed by atoms with Gasteiger partial charge in [0.25, 0.3) is 0 Å². The normalized spacial score (nSPS) is 10.9. The van der Waals surface area contributed by atoms with E-state index in [4.69, 9.17) is 26.3 Å². The maximum absolute atomic E-state index is 13.4. The zero-order chi connectivity index (χ0) is 26.2. The number of ether oxygens (including phenoxy) is 1. The number of hydrogen-bond acceptors (Lipinski definition) is 7. The molecular formula is C27H20ClFN4O4. The number of hydrogen-bond donors (Lipinski definition) is 2. The summed E-state index contributed by atoms with van der Waals surface area (Å²) < 4.78 is 19.1. The van der Waals surface area contributed by atoms with Crippen LogP contribution in [0.4, 0.5) is 15.9 Å². The Kier molecular flexibility index (Phi) is 8.13. The van der Waals surface area contributed by atoms with Gasteiger partial charge in [-0.05, 0) is 66.9 Å². The number of fused-ring (bicyclic) bond motifs is 1. The maximum atomic E-state index is 13.4. The van der Waals surface area contributed by atoms with Crippen LogP contribution < -0.4 is 10.1 Å². The second kappa shape index (κ2) is 11.8. The average molecular weight is 519 g/mol. The topological polar surface area (TPSA) is 106 Å². The molecule has 0 fully saturated rings. The predicted molar refractivity (Wildman–Crippen MR) is 139 cm³/mol. The Hall–Kier alpha value is -4.68. The summed E-state index contributed by atoms with van der Waals surface area (Å²) in [4.78, 5) is 24.3. The van der Waals surface area contributed by atoms with Crippen LogP contribution in [0.3, 0.4) is 0 Å². The van der Waals surface area contributed by atoms with Gasteiger partial charge in [-0.25, -0.2) is 19.2 Å². The Morgan fingerprint density at radius 2 is 2.03 bits per heavy atom. The van der Waals surface area contributed by atoms with Gasteiger partial charge >= 0.3 is 5.97 Å². The van der Waals surface area contributed by atoms with E-state index in [-0.39, 0.29) is 18.1 Å². The predicted octanol–water partition coefficient (Wildman–Crippen LogP) is 5.57. The van der Waals surface area contributed by atoms with Crippen molar-refractivity contribution in [3.63, 3.8) is 0 Å². The Labute approximate surface area is 216 Å². The van der Waals surface area contributed by atoms with Gasteiger partial charge in [0, 0.05) is 16.6 Å². The molecular weight excluding hydrogens is 499 g/mol. The van der Waals surface area contributed by atoms with Crippen molar-refractivity contribution in [1.82, 2.24) is 9.97 Å². The third kappa shape index (κ3) is 6.72. The summed E-state index contributed by atoms with van der Waals surface area (Å²) in [6, 6.07) is 16.6. The van der Waals surface area contributed by atoms with Crippen LogP contribution in [-0.4, -0.2) is 33.4 Å². The van der Waals surface area contributed by atoms with Gasteiger partial charge in [-0.2, -0.15) is 0 Å². The first-order chi connectivity index (χ1) is 17.9. The van der Waals surface area contributed by atoms with Crippen LogP contribution in [0.1, 0.15) is 18.1 Å². The van der Waals surface area contributed by atoms with Crippen LogP contribution in [-0.2, 0) is 16.2 Å². The number of aliphatic carboxylic acids is 1. The lowest BCUT2D eigenvalue weighted by Gasteiger charge is -2.12. The van der Waals surface area contributed by atoms with Gasteiger partial charge in [-0.15, -0.1) is 0 Å². The van der Waals surface area contributed by atoms with Gasteiger partial charge in [-0.1, -0.05) is 34.8 Å². The Balaban J connectivity index is 1.56. The molecule has 0 aliphatic rings. The van der Waals surface area contributed by atoms with E-state index >= 15 is 0 Å². The maximum Gasteiger partial charge on any atom is 0.344 e. The summed E-state index contributed by atoms with van der Waals surface area (Å²) in [5, 5.41) is 16.9. The summed E-state index contributed by atoms with van der Waals surface area (Å²) in [5.74, 6) is 5.04. The van der Waals surface area contributed by atoms with Crippen molar-refractivity contribution in [1.29, 1.82) is 0 Å². The fourth-order valence-electron chi connectivity index (χ4n) is 3.34. The summed E-state index contributed by atoms with van der Waals surface area (Å²) >= 11 is 6.43. The minimum absolute atomic E-state index is 0.171. The smallest absolute Gasteiger partial charge is 0.344 e. The second-order valence-electron chi connectivity index (χ2n) is 7.63. The first-order valence-corrected chi connectivity index (χ1v) is 11.3. The van der Waals surface area contributed by atoms with Gasteiger partial charge in [0.05, 0.1) is 10.5 Å². The van der Waals surface area contributed by atoms with E-state index in [1.807, 2.05) is 0 Å². The highest BCUT2D eigenvalue weighted by atomic mass is 35.5. The first kappa shape index (κ1) is 25.4. The number of benzene rings is 3. The lowest BCUT2D eigenvalue weighted by Crippen LogP contribution is -2.06. The number of rotatable bonds is 9. The van der Waals surface area contributed by atoms with Gasteiger partial charge in [0.15, 0.2) is 5.71 Å². The van der Waals surface area contributed by atoms with Crippen molar-refractivity contribution >= 4 is 45.7 Å². The number of carbonyl (C=O) groups is 1. The molecule has 0 spiro atoms. The third-order valence-electron chi connectivity index (χ3n) is 4.97. The van der Waals surface area contributed by atoms with Crippen molar-refractivity contribution < 1.29 is 23.9 Å². The molecule has 0 amide bonds. The van der Waals surface area contributed by atoms with Crippen LogP contribution in [0, 0.1) is 17.7 Å². The van der Waals surface area contributed by atoms with E-state index in [0.717, 1.165) is 0 Å². The van der Waals surface area contributed by atoms with E-state index < -0.39 is 12.6 Å². The zero-order valence-corrected chi connectivity index (χ0v) is 20.3. The van der Waals surface area contributed by atoms with Crippen molar-refractivity contribution in [2.24, 2.45) is 5.16 Å². The quantitative estimate of drug-likeness (QED) is 0.169. The number of aromatic nitrogens is 2.